The Kier molecular flexibility index (Phi) is 29.1. The molecule has 0 bridgehead atoms. The number of allylic oxidation sites excluding steroid dienone is 4. The van der Waals surface area contributed by atoms with E-state index >= 15 is 0 Å². The van der Waals surface area contributed by atoms with Crippen LogP contribution in [0.4, 0.5) is 0 Å². The topological polar surface area (TPSA) is 257 Å². The second-order valence-corrected chi connectivity index (χ2v) is 33.6. The fraction of sp³-hybridized carbons (Fsp3) is 0.878. The molecule has 12 aliphatic rings. The van der Waals surface area contributed by atoms with Crippen molar-refractivity contribution in [3.8, 4) is 0 Å². The Morgan fingerprint density at radius 3 is 1.31 bits per heavy atom. The van der Waals surface area contributed by atoms with Crippen molar-refractivity contribution in [3.63, 3.8) is 0 Å². The quantitative estimate of drug-likeness (QED) is 0.116. The first-order valence-corrected chi connectivity index (χ1v) is 40.5. The maximum absolute atomic E-state index is 14.7. The van der Waals surface area contributed by atoms with Gasteiger partial charge >= 0.3 is 11.9 Å². The van der Waals surface area contributed by atoms with Crippen LogP contribution in [0.1, 0.15) is 184 Å². The number of Topliss-reactive ketones (excluding diaryl/α,β-unsaturated/α-hetero) is 4. The molecule has 12 rings (SSSR count). The zero-order valence-corrected chi connectivity index (χ0v) is 66.8. The third-order valence-corrected chi connectivity index (χ3v) is 27.1. The van der Waals surface area contributed by atoms with Crippen molar-refractivity contribution >= 4 is 35.1 Å². The molecule has 6 heterocycles. The van der Waals surface area contributed by atoms with Gasteiger partial charge in [-0.05, 0) is 205 Å². The first kappa shape index (κ1) is 83.4. The van der Waals surface area contributed by atoms with E-state index < -0.39 is 54.7 Å². The van der Waals surface area contributed by atoms with Crippen LogP contribution >= 0.6 is 0 Å². The average Bonchev–Trinajstić information content (AvgIpc) is 1.59. The van der Waals surface area contributed by atoms with Gasteiger partial charge in [-0.2, -0.15) is 0 Å². The van der Waals surface area contributed by atoms with Gasteiger partial charge in [-0.3, -0.25) is 28.8 Å². The van der Waals surface area contributed by atoms with Crippen molar-refractivity contribution in [2.24, 2.45) is 71.0 Å². The van der Waals surface area contributed by atoms with Crippen LogP contribution in [0, 0.1) is 71.0 Å². The number of rotatable bonds is 18. The van der Waals surface area contributed by atoms with Crippen molar-refractivity contribution in [3.05, 3.63) is 23.3 Å². The maximum Gasteiger partial charge on any atom is 0.306 e. The Hall–Kier alpha value is -3.54. The first-order valence-electron chi connectivity index (χ1n) is 40.5. The van der Waals surface area contributed by atoms with Crippen LogP contribution in [0.15, 0.2) is 23.3 Å². The molecule has 0 aromatic heterocycles. The van der Waals surface area contributed by atoms with Gasteiger partial charge in [0.15, 0.2) is 36.7 Å². The molecule has 0 N–H and O–H groups in total. The van der Waals surface area contributed by atoms with E-state index in [1.54, 1.807) is 42.7 Å². The van der Waals surface area contributed by atoms with E-state index in [0.29, 0.717) is 100 Å². The largest absolute Gasteiger partial charge is 0.462 e. The van der Waals surface area contributed by atoms with E-state index in [2.05, 4.69) is 64.0 Å². The Balaban J connectivity index is 0.000000212. The molecule has 6 aliphatic heterocycles. The highest BCUT2D eigenvalue weighted by Crippen LogP contribution is 2.58. The summed E-state index contributed by atoms with van der Waals surface area (Å²) in [4.78, 5) is 88.8. The number of ether oxygens (including phenoxy) is 16. The van der Waals surface area contributed by atoms with Gasteiger partial charge in [0.25, 0.3) is 0 Å². The summed E-state index contributed by atoms with van der Waals surface area (Å²) in [6.07, 6.45) is 10.2. The SMILES string of the molecule is CC[C@H]1CCC[C@H](O[C@H]2CC[C@H](N(C)C)C(C)O2)[C@@H](C)C(=O)C2=C[C@@H]3[C@@H](CC(=O)[C@@H]4C[C@@H](O[C@@H]5OC(C)[C@H](OC)C(OC)[C@@H]5OC)C[C@@H]34)[C@@H]2CC(=O)O1.CC[C@H]1CCC[C@H](O[C@H]2CC[C@H](N(C)C)C(C)O2)[C@@H](C)C(=O)C2=C[C@H]3[C@@H]4C[C@H](O[C@@H]5OC(C)[C@H](OC)C(OC)[C@@H]5OC)C[C@H]4CC(=O)[C@H]3[C@@H]2CC(=O)O1. The van der Waals surface area contributed by atoms with Gasteiger partial charge in [0.1, 0.15) is 60.4 Å². The molecule has 600 valence electrons. The van der Waals surface area contributed by atoms with Crippen molar-refractivity contribution < 1.29 is 105 Å². The van der Waals surface area contributed by atoms with Gasteiger partial charge in [-0.25, -0.2) is 0 Å². The van der Waals surface area contributed by atoms with Gasteiger partial charge in [0.2, 0.25) is 0 Å². The molecular formula is C82H130N2O22. The zero-order valence-electron chi connectivity index (χ0n) is 66.8. The van der Waals surface area contributed by atoms with Gasteiger partial charge in [-0.15, -0.1) is 0 Å². The Bertz CT molecular complexity index is 3040. The van der Waals surface area contributed by atoms with E-state index in [1.165, 1.54) is 0 Å². The van der Waals surface area contributed by atoms with Crippen LogP contribution in [-0.4, -0.2) is 251 Å². The third kappa shape index (κ3) is 18.1. The van der Waals surface area contributed by atoms with Crippen molar-refractivity contribution in [2.75, 3.05) is 70.8 Å². The van der Waals surface area contributed by atoms with E-state index in [4.69, 9.17) is 75.8 Å². The smallest absolute Gasteiger partial charge is 0.306 e. The predicted octanol–water partition coefficient (Wildman–Crippen LogP) is 9.78. The maximum atomic E-state index is 14.7. The number of ketones is 4. The molecule has 24 heteroatoms. The molecule has 106 heavy (non-hydrogen) atoms. The van der Waals surface area contributed by atoms with Crippen molar-refractivity contribution in [2.45, 2.75) is 319 Å². The summed E-state index contributed by atoms with van der Waals surface area (Å²) >= 11 is 0. The third-order valence-electron chi connectivity index (χ3n) is 27.1. The van der Waals surface area contributed by atoms with Gasteiger partial charge < -0.3 is 85.6 Å². The lowest BCUT2D eigenvalue weighted by Gasteiger charge is -2.44. The normalized spacial score (nSPS) is 45.4. The van der Waals surface area contributed by atoms with Gasteiger partial charge in [0, 0.05) is 103 Å². The van der Waals surface area contributed by atoms with Crippen molar-refractivity contribution in [1.82, 2.24) is 9.80 Å². The summed E-state index contributed by atoms with van der Waals surface area (Å²) in [6.45, 7) is 16.0. The standard InChI is InChI=1S/2C41H65NO11/c1-10-25-12-11-13-33(53-35-15-14-31(42(5)6)22(3)49-35)21(2)37(45)30-19-28-27-18-26(16-24(27)17-32(43)36(28)29(30)20-34(44)51-25)52-41-40(48-9)39(47-8)38(46-7)23(4)50-41;1-10-24-12-11-13-34(53-36-15-14-32(42(5)6)22(3)49-36)21(2)37(45)31-18-27-26-16-25(17-30(26)33(43)19-28(27)29(31)20-35(44)51-24)52-41-40(48-9)39(47-8)38(46-7)23(4)50-41/h19,21-29,31,33,35-36,38-41H,10-18,20H2,1-9H3;18,21-30,32,34,36,38-41H,10-17,19-20H2,1-9H3/t21-,22?,23?,24+,25+,26-,27-,28+,29-,31+,33+,35+,36-,38+,39?,40+,41+;21-,22?,23?,24+,25+,26+,27+,28-,29+,30-,32+,34+,36+,38+,39?,40+,41+/m11/s1. The van der Waals surface area contributed by atoms with Gasteiger partial charge in [0.05, 0.1) is 61.7 Å². The second-order valence-electron chi connectivity index (χ2n) is 33.6. The Labute approximate surface area is 630 Å². The summed E-state index contributed by atoms with van der Waals surface area (Å²) in [5, 5.41) is 0. The molecule has 0 aromatic carbocycles. The number of hydrogen-bond acceptors (Lipinski definition) is 24. The second kappa shape index (κ2) is 37.0. The number of hydrogen-bond donors (Lipinski definition) is 0. The average molecular weight is 1500 g/mol. The molecule has 0 amide bonds. The van der Waals surface area contributed by atoms with Crippen molar-refractivity contribution in [1.29, 1.82) is 0 Å². The number of nitrogens with zero attached hydrogens (tertiary/aromatic N) is 2. The first-order chi connectivity index (χ1) is 50.8. The monoisotopic (exact) mass is 1490 g/mol. The lowest BCUT2D eigenvalue weighted by atomic mass is 9.65. The zero-order chi connectivity index (χ0) is 76.3. The Morgan fingerprint density at radius 1 is 0.415 bits per heavy atom. The highest BCUT2D eigenvalue weighted by atomic mass is 16.7. The fourth-order valence-corrected chi connectivity index (χ4v) is 21.5. The molecular weight excluding hydrogens is 1360 g/mol. The van der Waals surface area contributed by atoms with Crippen LogP contribution in [-0.2, 0) is 105 Å². The number of methoxy groups -OCH3 is 6. The molecule has 10 fully saturated rings. The molecule has 34 atom stereocenters. The molecule has 0 aromatic rings. The summed E-state index contributed by atoms with van der Waals surface area (Å²) < 4.78 is 98.6. The highest BCUT2D eigenvalue weighted by Gasteiger charge is 2.59. The summed E-state index contributed by atoms with van der Waals surface area (Å²) in [6, 6.07) is 0.626. The van der Waals surface area contributed by atoms with Crippen LogP contribution in [0.2, 0.25) is 0 Å². The molecule has 4 saturated carbocycles. The lowest BCUT2D eigenvalue weighted by molar-refractivity contribution is -0.314. The molecule has 24 nitrogen and oxygen atoms in total. The lowest BCUT2D eigenvalue weighted by Crippen LogP contribution is -2.59. The number of carbonyl (C=O) groups excluding carboxylic acids is 6. The number of cyclic esters (lactones) is 2. The van der Waals surface area contributed by atoms with Crippen LogP contribution in [0.25, 0.3) is 0 Å². The summed E-state index contributed by atoms with van der Waals surface area (Å²) in [7, 11) is 18.1. The van der Waals surface area contributed by atoms with Crippen LogP contribution < -0.4 is 0 Å². The number of carbonyl (C=O) groups is 6. The van der Waals surface area contributed by atoms with Gasteiger partial charge in [-0.1, -0.05) is 39.8 Å². The minimum absolute atomic E-state index is 0.00486. The highest BCUT2D eigenvalue weighted by molar-refractivity contribution is 6.01. The van der Waals surface area contributed by atoms with E-state index in [9.17, 15) is 28.8 Å². The number of likely N-dealkylation sites (N-methyl/N-ethyl adjacent to an activating group) is 2. The molecule has 6 aliphatic carbocycles. The Morgan fingerprint density at radius 2 is 0.858 bits per heavy atom. The molecule has 0 radical (unpaired) electrons. The van der Waals surface area contributed by atoms with E-state index in [-0.39, 0.29) is 187 Å². The number of fused-ring (bicyclic) bond motifs is 10. The summed E-state index contributed by atoms with van der Waals surface area (Å²) in [5.41, 5.74) is 1.25. The molecule has 6 unspecified atom stereocenters. The predicted molar refractivity (Wildman–Crippen MR) is 389 cm³/mol. The summed E-state index contributed by atoms with van der Waals surface area (Å²) in [5.74, 6) is -2.90. The molecule has 0 spiro atoms. The van der Waals surface area contributed by atoms with Crippen LogP contribution in [0.3, 0.4) is 0 Å². The minimum Gasteiger partial charge on any atom is -0.462 e. The number of esters is 2. The van der Waals surface area contributed by atoms with E-state index in [0.717, 1.165) is 38.5 Å². The van der Waals surface area contributed by atoms with E-state index in [1.807, 2.05) is 41.5 Å². The van der Waals surface area contributed by atoms with Crippen LogP contribution in [0.5, 0.6) is 0 Å². The fourth-order valence-electron chi connectivity index (χ4n) is 21.5. The minimum atomic E-state index is -0.690. The molecule has 6 saturated heterocycles.